The Morgan fingerprint density at radius 3 is 2.47 bits per heavy atom. The second-order valence-electron chi connectivity index (χ2n) is 4.01. The lowest BCUT2D eigenvalue weighted by Crippen LogP contribution is -2.08. The molecule has 0 bridgehead atoms. The number of esters is 1. The molecule has 0 heterocycles. The summed E-state index contributed by atoms with van der Waals surface area (Å²) in [5, 5.41) is 0. The van der Waals surface area contributed by atoms with Crippen molar-refractivity contribution in [2.45, 2.75) is 39.2 Å². The fourth-order valence-electron chi connectivity index (χ4n) is 1.52. The Hall–Kier alpha value is -1.51. The molecule has 1 rings (SSSR count). The van der Waals surface area contributed by atoms with Gasteiger partial charge in [0.15, 0.2) is 0 Å². The summed E-state index contributed by atoms with van der Waals surface area (Å²) < 4.78 is 10.4. The van der Waals surface area contributed by atoms with Crippen molar-refractivity contribution < 1.29 is 14.3 Å². The van der Waals surface area contributed by atoms with Crippen LogP contribution in [-0.2, 0) is 9.53 Å². The lowest BCUT2D eigenvalue weighted by molar-refractivity contribution is -0.148. The Kier molecular flexibility index (Phi) is 5.53. The molecule has 0 saturated heterocycles. The minimum atomic E-state index is -0.203. The maximum absolute atomic E-state index is 11.5. The zero-order valence-electron chi connectivity index (χ0n) is 10.7. The van der Waals surface area contributed by atoms with Gasteiger partial charge in [-0.05, 0) is 31.0 Å². The number of ether oxygens (including phenoxy) is 2. The third-order valence-electron chi connectivity index (χ3n) is 2.63. The highest BCUT2D eigenvalue weighted by molar-refractivity contribution is 5.69. The van der Waals surface area contributed by atoms with Gasteiger partial charge in [0.05, 0.1) is 7.11 Å². The van der Waals surface area contributed by atoms with Crippen LogP contribution in [0.15, 0.2) is 24.3 Å². The van der Waals surface area contributed by atoms with Crippen molar-refractivity contribution in [2.24, 2.45) is 0 Å². The molecule has 0 radical (unpaired) electrons. The number of hydrogen-bond donors (Lipinski definition) is 0. The topological polar surface area (TPSA) is 35.5 Å². The van der Waals surface area contributed by atoms with Crippen LogP contribution in [0.3, 0.4) is 0 Å². The normalized spacial score (nSPS) is 11.9. The largest absolute Gasteiger partial charge is 0.497 e. The molecule has 94 valence electrons. The smallest absolute Gasteiger partial charge is 0.306 e. The van der Waals surface area contributed by atoms with E-state index >= 15 is 0 Å². The molecule has 0 aliphatic rings. The molecule has 0 saturated carbocycles. The van der Waals surface area contributed by atoms with Crippen molar-refractivity contribution in [3.63, 3.8) is 0 Å². The molecule has 0 fully saturated rings. The Morgan fingerprint density at radius 1 is 1.29 bits per heavy atom. The summed E-state index contributed by atoms with van der Waals surface area (Å²) >= 11 is 0. The first kappa shape index (κ1) is 13.6. The van der Waals surface area contributed by atoms with Gasteiger partial charge in [-0.3, -0.25) is 4.79 Å². The average Bonchev–Trinajstić information content (AvgIpc) is 2.36. The molecule has 3 nitrogen and oxygen atoms in total. The van der Waals surface area contributed by atoms with Crippen LogP contribution in [0.1, 0.15) is 44.8 Å². The lowest BCUT2D eigenvalue weighted by atomic mass is 10.1. The predicted octanol–water partition coefficient (Wildman–Crippen LogP) is 3.49. The van der Waals surface area contributed by atoms with Gasteiger partial charge < -0.3 is 9.47 Å². The molecular formula is C14H20O3. The van der Waals surface area contributed by atoms with Gasteiger partial charge in [0.1, 0.15) is 11.9 Å². The maximum atomic E-state index is 11.5. The van der Waals surface area contributed by atoms with Crippen LogP contribution in [0.25, 0.3) is 0 Å². The third kappa shape index (κ3) is 4.47. The second kappa shape index (κ2) is 6.94. The van der Waals surface area contributed by atoms with E-state index in [1.807, 2.05) is 31.2 Å². The van der Waals surface area contributed by atoms with Crippen molar-refractivity contribution in [2.75, 3.05) is 7.11 Å². The maximum Gasteiger partial charge on any atom is 0.306 e. The van der Waals surface area contributed by atoms with E-state index in [4.69, 9.17) is 9.47 Å². The number of methoxy groups -OCH3 is 1. The molecule has 1 aromatic rings. The van der Waals surface area contributed by atoms with Gasteiger partial charge in [-0.25, -0.2) is 0 Å². The highest BCUT2D eigenvalue weighted by atomic mass is 16.5. The fourth-order valence-corrected chi connectivity index (χ4v) is 1.52. The summed E-state index contributed by atoms with van der Waals surface area (Å²) in [6.07, 6.45) is 2.18. The van der Waals surface area contributed by atoms with Crippen LogP contribution in [0.5, 0.6) is 5.75 Å². The molecule has 0 amide bonds. The number of rotatable bonds is 6. The number of unbranched alkanes of at least 4 members (excludes halogenated alkanes) is 1. The molecule has 0 aliphatic heterocycles. The van der Waals surface area contributed by atoms with Crippen molar-refractivity contribution in [3.8, 4) is 5.75 Å². The van der Waals surface area contributed by atoms with E-state index in [2.05, 4.69) is 6.92 Å². The highest BCUT2D eigenvalue weighted by Gasteiger charge is 2.11. The molecule has 0 N–H and O–H groups in total. The Balaban J connectivity index is 2.51. The van der Waals surface area contributed by atoms with Crippen molar-refractivity contribution in [1.82, 2.24) is 0 Å². The van der Waals surface area contributed by atoms with Crippen LogP contribution in [0.2, 0.25) is 0 Å². The first-order chi connectivity index (χ1) is 8.17. The molecule has 3 heteroatoms. The quantitative estimate of drug-likeness (QED) is 0.709. The average molecular weight is 236 g/mol. The van der Waals surface area contributed by atoms with E-state index < -0.39 is 0 Å². The van der Waals surface area contributed by atoms with E-state index in [9.17, 15) is 4.79 Å². The first-order valence-corrected chi connectivity index (χ1v) is 6.00. The van der Waals surface area contributed by atoms with Crippen molar-refractivity contribution >= 4 is 5.97 Å². The standard InChI is InChI=1S/C14H20O3/c1-4-5-6-14(15)17-11(2)12-7-9-13(16-3)10-8-12/h7-11H,4-6H2,1-3H3/t11-/m1/s1. The van der Waals surface area contributed by atoms with Gasteiger partial charge in [0.25, 0.3) is 0 Å². The fraction of sp³-hybridized carbons (Fsp3) is 0.500. The zero-order chi connectivity index (χ0) is 12.7. The van der Waals surface area contributed by atoms with Gasteiger partial charge in [0.2, 0.25) is 0 Å². The zero-order valence-corrected chi connectivity index (χ0v) is 10.7. The number of hydrogen-bond acceptors (Lipinski definition) is 3. The van der Waals surface area contributed by atoms with Gasteiger partial charge in [-0.2, -0.15) is 0 Å². The van der Waals surface area contributed by atoms with E-state index in [1.54, 1.807) is 7.11 Å². The van der Waals surface area contributed by atoms with E-state index in [1.165, 1.54) is 0 Å². The summed E-state index contributed by atoms with van der Waals surface area (Å²) in [4.78, 5) is 11.5. The molecule has 0 spiro atoms. The SMILES string of the molecule is CCCCC(=O)O[C@H](C)c1ccc(OC)cc1. The van der Waals surface area contributed by atoms with E-state index in [0.29, 0.717) is 6.42 Å². The minimum Gasteiger partial charge on any atom is -0.497 e. The predicted molar refractivity (Wildman–Crippen MR) is 67.0 cm³/mol. The van der Waals surface area contributed by atoms with Crippen LogP contribution in [-0.4, -0.2) is 13.1 Å². The van der Waals surface area contributed by atoms with Crippen LogP contribution < -0.4 is 4.74 Å². The number of carbonyl (C=O) groups excluding carboxylic acids is 1. The van der Waals surface area contributed by atoms with Crippen LogP contribution in [0, 0.1) is 0 Å². The minimum absolute atomic E-state index is 0.129. The highest BCUT2D eigenvalue weighted by Crippen LogP contribution is 2.20. The molecule has 0 aromatic heterocycles. The molecular weight excluding hydrogens is 216 g/mol. The summed E-state index contributed by atoms with van der Waals surface area (Å²) in [6, 6.07) is 7.56. The summed E-state index contributed by atoms with van der Waals surface area (Å²) in [5.74, 6) is 0.674. The van der Waals surface area contributed by atoms with Crippen molar-refractivity contribution in [1.29, 1.82) is 0 Å². The molecule has 0 unspecified atom stereocenters. The summed E-state index contributed by atoms with van der Waals surface area (Å²) in [6.45, 7) is 3.94. The molecule has 17 heavy (non-hydrogen) atoms. The Morgan fingerprint density at radius 2 is 1.94 bits per heavy atom. The summed E-state index contributed by atoms with van der Waals surface area (Å²) in [5.41, 5.74) is 0.982. The van der Waals surface area contributed by atoms with Gasteiger partial charge >= 0.3 is 5.97 Å². The summed E-state index contributed by atoms with van der Waals surface area (Å²) in [7, 11) is 1.63. The monoisotopic (exact) mass is 236 g/mol. The van der Waals surface area contributed by atoms with Gasteiger partial charge in [-0.15, -0.1) is 0 Å². The molecule has 0 aliphatic carbocycles. The third-order valence-corrected chi connectivity index (χ3v) is 2.63. The number of carbonyl (C=O) groups is 1. The van der Waals surface area contributed by atoms with Crippen LogP contribution in [0.4, 0.5) is 0 Å². The first-order valence-electron chi connectivity index (χ1n) is 6.00. The van der Waals surface area contributed by atoms with Gasteiger partial charge in [0, 0.05) is 6.42 Å². The van der Waals surface area contributed by atoms with Gasteiger partial charge in [-0.1, -0.05) is 25.5 Å². The number of benzene rings is 1. The van der Waals surface area contributed by atoms with Crippen molar-refractivity contribution in [3.05, 3.63) is 29.8 Å². The molecule has 1 atom stereocenters. The Labute approximate surface area is 103 Å². The Bertz CT molecular complexity index is 343. The lowest BCUT2D eigenvalue weighted by Gasteiger charge is -2.13. The van der Waals surface area contributed by atoms with Crippen LogP contribution >= 0.6 is 0 Å². The second-order valence-corrected chi connectivity index (χ2v) is 4.01. The van der Waals surface area contributed by atoms with E-state index in [-0.39, 0.29) is 12.1 Å². The molecule has 1 aromatic carbocycles. The van der Waals surface area contributed by atoms with E-state index in [0.717, 1.165) is 24.2 Å².